The minimum absolute atomic E-state index is 0.0731. The molecule has 94 valence electrons. The van der Waals surface area contributed by atoms with Crippen molar-refractivity contribution < 1.29 is 19.2 Å². The van der Waals surface area contributed by atoms with E-state index in [1.165, 1.54) is 0 Å². The Hall–Kier alpha value is -1.57. The minimum atomic E-state index is -0.927. The zero-order valence-corrected chi connectivity index (χ0v) is 10.1. The van der Waals surface area contributed by atoms with Gasteiger partial charge in [-0.25, -0.2) is 0 Å². The molecule has 0 aliphatic rings. The molecule has 1 aromatic rings. The SMILES string of the molecule is Cc1noc(CCNC(=O)CSCC(=O)O)n1. The number of carboxylic acids is 1. The molecule has 1 aromatic heterocycles. The molecular weight excluding hydrogens is 246 g/mol. The fourth-order valence-electron chi connectivity index (χ4n) is 1.03. The predicted molar refractivity (Wildman–Crippen MR) is 60.7 cm³/mol. The van der Waals surface area contributed by atoms with Gasteiger partial charge in [0.15, 0.2) is 5.82 Å². The first-order valence-electron chi connectivity index (χ1n) is 4.93. The van der Waals surface area contributed by atoms with Crippen LogP contribution in [0.1, 0.15) is 11.7 Å². The zero-order valence-electron chi connectivity index (χ0n) is 9.30. The average molecular weight is 259 g/mol. The number of aryl methyl sites for hydroxylation is 1. The van der Waals surface area contributed by atoms with Crippen LogP contribution in [0, 0.1) is 6.92 Å². The average Bonchev–Trinajstić information content (AvgIpc) is 2.63. The van der Waals surface area contributed by atoms with Gasteiger partial charge in [-0.2, -0.15) is 4.98 Å². The number of nitrogens with one attached hydrogen (secondary N) is 1. The van der Waals surface area contributed by atoms with E-state index in [-0.39, 0.29) is 17.4 Å². The van der Waals surface area contributed by atoms with Gasteiger partial charge in [-0.05, 0) is 6.92 Å². The van der Waals surface area contributed by atoms with Crippen LogP contribution in [0.3, 0.4) is 0 Å². The van der Waals surface area contributed by atoms with Crippen molar-refractivity contribution in [3.63, 3.8) is 0 Å². The molecule has 0 saturated heterocycles. The van der Waals surface area contributed by atoms with Crippen LogP contribution in [0.2, 0.25) is 0 Å². The highest BCUT2D eigenvalue weighted by Crippen LogP contribution is 1.99. The molecule has 0 radical (unpaired) electrons. The Morgan fingerprint density at radius 1 is 1.47 bits per heavy atom. The van der Waals surface area contributed by atoms with Crippen LogP contribution in [0.25, 0.3) is 0 Å². The number of thioether (sulfide) groups is 1. The molecule has 0 aromatic carbocycles. The molecule has 7 nitrogen and oxygen atoms in total. The first-order valence-corrected chi connectivity index (χ1v) is 6.09. The molecule has 0 unspecified atom stereocenters. The van der Waals surface area contributed by atoms with Crippen LogP contribution in [0.4, 0.5) is 0 Å². The Kier molecular flexibility index (Phi) is 5.47. The van der Waals surface area contributed by atoms with Crippen LogP contribution in [0.15, 0.2) is 4.52 Å². The van der Waals surface area contributed by atoms with Gasteiger partial charge in [-0.3, -0.25) is 9.59 Å². The molecular formula is C9H13N3O4S. The van der Waals surface area contributed by atoms with Crippen LogP contribution < -0.4 is 5.32 Å². The summed E-state index contributed by atoms with van der Waals surface area (Å²) >= 11 is 1.06. The van der Waals surface area contributed by atoms with Crippen molar-refractivity contribution in [1.29, 1.82) is 0 Å². The van der Waals surface area contributed by atoms with E-state index in [0.717, 1.165) is 11.8 Å². The Morgan fingerprint density at radius 2 is 2.24 bits per heavy atom. The van der Waals surface area contributed by atoms with Crippen molar-refractivity contribution in [2.75, 3.05) is 18.1 Å². The number of rotatable bonds is 7. The number of aliphatic carboxylic acids is 1. The number of carbonyl (C=O) groups is 2. The number of amides is 1. The summed E-state index contributed by atoms with van der Waals surface area (Å²) in [5.74, 6) is -0.0354. The van der Waals surface area contributed by atoms with E-state index in [1.807, 2.05) is 0 Å². The van der Waals surface area contributed by atoms with Gasteiger partial charge in [-0.15, -0.1) is 11.8 Å². The van der Waals surface area contributed by atoms with Crippen molar-refractivity contribution in [2.24, 2.45) is 0 Å². The number of aromatic nitrogens is 2. The Morgan fingerprint density at radius 3 is 2.82 bits per heavy atom. The second-order valence-corrected chi connectivity index (χ2v) is 4.21. The third-order valence-corrected chi connectivity index (χ3v) is 2.61. The lowest BCUT2D eigenvalue weighted by atomic mass is 10.4. The van der Waals surface area contributed by atoms with Gasteiger partial charge in [-0.1, -0.05) is 5.16 Å². The van der Waals surface area contributed by atoms with E-state index in [1.54, 1.807) is 6.92 Å². The third kappa shape index (κ3) is 5.91. The summed E-state index contributed by atoms with van der Waals surface area (Å²) in [5, 5.41) is 14.6. The molecule has 0 spiro atoms. The lowest BCUT2D eigenvalue weighted by molar-refractivity contribution is -0.133. The maximum atomic E-state index is 11.2. The molecule has 0 aliphatic carbocycles. The van der Waals surface area contributed by atoms with Gasteiger partial charge >= 0.3 is 5.97 Å². The fraction of sp³-hybridized carbons (Fsp3) is 0.556. The number of hydrogen-bond donors (Lipinski definition) is 2. The Bertz CT molecular complexity index is 393. The number of nitrogens with zero attached hydrogens (tertiary/aromatic N) is 2. The van der Waals surface area contributed by atoms with Crippen LogP contribution in [-0.2, 0) is 16.0 Å². The maximum Gasteiger partial charge on any atom is 0.313 e. The van der Waals surface area contributed by atoms with Crippen LogP contribution in [0.5, 0.6) is 0 Å². The number of carbonyl (C=O) groups excluding carboxylic acids is 1. The van der Waals surface area contributed by atoms with Crippen molar-refractivity contribution in [3.8, 4) is 0 Å². The summed E-state index contributed by atoms with van der Waals surface area (Å²) < 4.78 is 4.86. The van der Waals surface area contributed by atoms with Gasteiger partial charge in [0.25, 0.3) is 0 Å². The predicted octanol–water partition coefficient (Wildman–Crippen LogP) is -0.145. The first-order chi connectivity index (χ1) is 8.08. The first kappa shape index (κ1) is 13.5. The lowest BCUT2D eigenvalue weighted by Crippen LogP contribution is -2.27. The van der Waals surface area contributed by atoms with Crippen molar-refractivity contribution >= 4 is 23.6 Å². The Labute approximate surface area is 102 Å². The van der Waals surface area contributed by atoms with E-state index < -0.39 is 5.97 Å². The summed E-state index contributed by atoms with van der Waals surface area (Å²) in [4.78, 5) is 25.4. The fourth-order valence-corrected chi connectivity index (χ4v) is 1.60. The highest BCUT2D eigenvalue weighted by Gasteiger charge is 2.05. The second-order valence-electron chi connectivity index (χ2n) is 3.22. The smallest absolute Gasteiger partial charge is 0.313 e. The van der Waals surface area contributed by atoms with Crippen LogP contribution >= 0.6 is 11.8 Å². The summed E-state index contributed by atoms with van der Waals surface area (Å²) in [5.41, 5.74) is 0. The molecule has 1 heterocycles. The molecule has 0 aliphatic heterocycles. The summed E-state index contributed by atoms with van der Waals surface area (Å²) in [6, 6.07) is 0. The Balaban J connectivity index is 2.10. The minimum Gasteiger partial charge on any atom is -0.481 e. The van der Waals surface area contributed by atoms with E-state index >= 15 is 0 Å². The van der Waals surface area contributed by atoms with Crippen molar-refractivity contribution in [3.05, 3.63) is 11.7 Å². The van der Waals surface area contributed by atoms with Crippen molar-refractivity contribution in [1.82, 2.24) is 15.5 Å². The zero-order chi connectivity index (χ0) is 12.7. The number of hydrogen-bond acceptors (Lipinski definition) is 6. The van der Waals surface area contributed by atoms with Gasteiger partial charge in [0.2, 0.25) is 11.8 Å². The second kappa shape index (κ2) is 6.89. The maximum absolute atomic E-state index is 11.2. The van der Waals surface area contributed by atoms with Gasteiger partial charge in [0, 0.05) is 13.0 Å². The molecule has 2 N–H and O–H groups in total. The molecule has 0 atom stereocenters. The molecule has 0 bridgehead atoms. The van der Waals surface area contributed by atoms with E-state index in [4.69, 9.17) is 9.63 Å². The molecule has 8 heteroatoms. The topological polar surface area (TPSA) is 105 Å². The van der Waals surface area contributed by atoms with E-state index in [0.29, 0.717) is 24.7 Å². The summed E-state index contributed by atoms with van der Waals surface area (Å²) in [6.45, 7) is 2.11. The third-order valence-electron chi connectivity index (χ3n) is 1.69. The standard InChI is InChI=1S/C9H13N3O4S/c1-6-11-8(16-12-6)2-3-10-7(13)4-17-5-9(14)15/h2-5H2,1H3,(H,10,13)(H,14,15). The number of carboxylic acid groups (broad SMARTS) is 1. The van der Waals surface area contributed by atoms with E-state index in [9.17, 15) is 9.59 Å². The van der Waals surface area contributed by atoms with Gasteiger partial charge < -0.3 is 14.9 Å². The molecule has 0 fully saturated rings. The molecule has 1 amide bonds. The van der Waals surface area contributed by atoms with Gasteiger partial charge in [0.1, 0.15) is 0 Å². The van der Waals surface area contributed by atoms with E-state index in [2.05, 4.69) is 15.5 Å². The molecule has 17 heavy (non-hydrogen) atoms. The summed E-state index contributed by atoms with van der Waals surface area (Å²) in [6.07, 6.45) is 0.468. The largest absolute Gasteiger partial charge is 0.481 e. The highest BCUT2D eigenvalue weighted by molar-refractivity contribution is 8.00. The molecule has 1 rings (SSSR count). The van der Waals surface area contributed by atoms with Crippen molar-refractivity contribution in [2.45, 2.75) is 13.3 Å². The van der Waals surface area contributed by atoms with Crippen LogP contribution in [-0.4, -0.2) is 45.2 Å². The lowest BCUT2D eigenvalue weighted by Gasteiger charge is -2.01. The monoisotopic (exact) mass is 259 g/mol. The normalized spacial score (nSPS) is 10.2. The quantitative estimate of drug-likeness (QED) is 0.701. The molecule has 0 saturated carbocycles. The summed E-state index contributed by atoms with van der Waals surface area (Å²) in [7, 11) is 0. The highest BCUT2D eigenvalue weighted by atomic mass is 32.2. The van der Waals surface area contributed by atoms with Gasteiger partial charge in [0.05, 0.1) is 11.5 Å².